The molecule has 0 radical (unpaired) electrons. The van der Waals surface area contributed by atoms with Crippen molar-refractivity contribution in [1.29, 1.82) is 0 Å². The summed E-state index contributed by atoms with van der Waals surface area (Å²) in [6.07, 6.45) is 4.61. The van der Waals surface area contributed by atoms with E-state index in [0.29, 0.717) is 12.0 Å². The molecule has 3 N–H and O–H groups in total. The number of rotatable bonds is 2. The molecule has 0 atom stereocenters. The van der Waals surface area contributed by atoms with Crippen molar-refractivity contribution >= 4 is 0 Å². The summed E-state index contributed by atoms with van der Waals surface area (Å²) in [7, 11) is 0. The summed E-state index contributed by atoms with van der Waals surface area (Å²) in [6, 6.07) is 12.9. The molecule has 18 heavy (non-hydrogen) atoms. The average Bonchev–Trinajstić information content (AvgIpc) is 2.90. The molecule has 1 aromatic carbocycles. The molecular formula is C15H19N3. The van der Waals surface area contributed by atoms with E-state index in [1.807, 2.05) is 18.2 Å². The molecule has 1 heterocycles. The maximum Gasteiger partial charge on any atom is 0.0923 e. The smallest absolute Gasteiger partial charge is 0.0923 e. The van der Waals surface area contributed by atoms with Gasteiger partial charge in [0.1, 0.15) is 0 Å². The first-order chi connectivity index (χ1) is 8.83. The Labute approximate surface area is 107 Å². The lowest BCUT2D eigenvalue weighted by molar-refractivity contribution is 0.390. The van der Waals surface area contributed by atoms with E-state index in [1.54, 1.807) is 0 Å². The molecule has 0 unspecified atom stereocenters. The van der Waals surface area contributed by atoms with E-state index in [9.17, 15) is 0 Å². The van der Waals surface area contributed by atoms with Crippen LogP contribution in [-0.2, 0) is 0 Å². The van der Waals surface area contributed by atoms with Crippen molar-refractivity contribution in [3.05, 3.63) is 42.1 Å². The summed E-state index contributed by atoms with van der Waals surface area (Å²) >= 11 is 0. The molecule has 0 amide bonds. The standard InChI is InChI=1S/C15H19N3/c16-13-8-6-12(7-9-13)15-10-14(17-18-15)11-4-2-1-3-5-11/h1-5,10,12-13H,6-9,16H2,(H,17,18). The SMILES string of the molecule is NC1CCC(c2cc(-c3ccccc3)n[nH]2)CC1. The zero-order valence-corrected chi connectivity index (χ0v) is 10.5. The van der Waals surface area contributed by atoms with E-state index in [2.05, 4.69) is 28.4 Å². The normalized spacial score (nSPS) is 24.1. The Morgan fingerprint density at radius 1 is 1.06 bits per heavy atom. The number of nitrogens with two attached hydrogens (primary N) is 1. The maximum atomic E-state index is 5.95. The number of nitrogens with zero attached hydrogens (tertiary/aromatic N) is 1. The van der Waals surface area contributed by atoms with Crippen molar-refractivity contribution in [2.24, 2.45) is 5.73 Å². The monoisotopic (exact) mass is 241 g/mol. The van der Waals surface area contributed by atoms with Gasteiger partial charge in [-0.25, -0.2) is 0 Å². The highest BCUT2D eigenvalue weighted by molar-refractivity contribution is 5.59. The van der Waals surface area contributed by atoms with Crippen molar-refractivity contribution in [1.82, 2.24) is 10.2 Å². The molecule has 1 aliphatic carbocycles. The highest BCUT2D eigenvalue weighted by Crippen LogP contribution is 2.32. The topological polar surface area (TPSA) is 54.7 Å². The molecule has 3 rings (SSSR count). The number of aromatic nitrogens is 2. The Hall–Kier alpha value is -1.61. The third-order valence-corrected chi connectivity index (χ3v) is 3.88. The van der Waals surface area contributed by atoms with Crippen LogP contribution in [0, 0.1) is 0 Å². The Morgan fingerprint density at radius 3 is 2.50 bits per heavy atom. The van der Waals surface area contributed by atoms with Gasteiger partial charge in [-0.1, -0.05) is 30.3 Å². The van der Waals surface area contributed by atoms with Gasteiger partial charge >= 0.3 is 0 Å². The van der Waals surface area contributed by atoms with Gasteiger partial charge in [-0.3, -0.25) is 5.10 Å². The number of benzene rings is 1. The minimum Gasteiger partial charge on any atom is -0.328 e. The van der Waals surface area contributed by atoms with Crippen molar-refractivity contribution < 1.29 is 0 Å². The molecule has 0 bridgehead atoms. The van der Waals surface area contributed by atoms with Gasteiger partial charge in [0.15, 0.2) is 0 Å². The van der Waals surface area contributed by atoms with E-state index >= 15 is 0 Å². The van der Waals surface area contributed by atoms with Crippen molar-refractivity contribution in [2.45, 2.75) is 37.6 Å². The highest BCUT2D eigenvalue weighted by atomic mass is 15.1. The molecule has 1 fully saturated rings. The second-order valence-electron chi connectivity index (χ2n) is 5.19. The first-order valence-corrected chi connectivity index (χ1v) is 6.69. The van der Waals surface area contributed by atoms with Gasteiger partial charge in [0.25, 0.3) is 0 Å². The number of H-pyrrole nitrogens is 1. The predicted molar refractivity (Wildman–Crippen MR) is 73.2 cm³/mol. The highest BCUT2D eigenvalue weighted by Gasteiger charge is 2.21. The fourth-order valence-electron chi connectivity index (χ4n) is 2.73. The molecule has 1 saturated carbocycles. The van der Waals surface area contributed by atoms with E-state index in [4.69, 9.17) is 5.73 Å². The fourth-order valence-corrected chi connectivity index (χ4v) is 2.73. The van der Waals surface area contributed by atoms with Crippen LogP contribution in [0.15, 0.2) is 36.4 Å². The molecule has 0 saturated heterocycles. The molecular weight excluding hydrogens is 222 g/mol. The first-order valence-electron chi connectivity index (χ1n) is 6.69. The number of hydrogen-bond donors (Lipinski definition) is 2. The molecule has 3 nitrogen and oxygen atoms in total. The van der Waals surface area contributed by atoms with E-state index in [-0.39, 0.29) is 0 Å². The third kappa shape index (κ3) is 2.31. The summed E-state index contributed by atoms with van der Waals surface area (Å²) in [5, 5.41) is 7.62. The van der Waals surface area contributed by atoms with E-state index < -0.39 is 0 Å². The maximum absolute atomic E-state index is 5.95. The summed E-state index contributed by atoms with van der Waals surface area (Å²) < 4.78 is 0. The first kappa shape index (κ1) is 11.5. The van der Waals surface area contributed by atoms with Gasteiger partial charge in [-0.15, -0.1) is 0 Å². The Morgan fingerprint density at radius 2 is 1.78 bits per heavy atom. The van der Waals surface area contributed by atoms with Crippen LogP contribution in [0.5, 0.6) is 0 Å². The van der Waals surface area contributed by atoms with Crippen LogP contribution in [0.4, 0.5) is 0 Å². The number of aromatic amines is 1. The van der Waals surface area contributed by atoms with Crippen LogP contribution in [0.3, 0.4) is 0 Å². The van der Waals surface area contributed by atoms with Gasteiger partial charge in [0, 0.05) is 23.2 Å². The quantitative estimate of drug-likeness (QED) is 0.849. The van der Waals surface area contributed by atoms with Gasteiger partial charge in [0.2, 0.25) is 0 Å². The second kappa shape index (κ2) is 4.94. The fraction of sp³-hybridized carbons (Fsp3) is 0.400. The van der Waals surface area contributed by atoms with E-state index in [1.165, 1.54) is 24.1 Å². The summed E-state index contributed by atoms with van der Waals surface area (Å²) in [5.74, 6) is 0.606. The lowest BCUT2D eigenvalue weighted by Gasteiger charge is -2.24. The molecule has 0 aliphatic heterocycles. The third-order valence-electron chi connectivity index (χ3n) is 3.88. The lowest BCUT2D eigenvalue weighted by atomic mass is 9.84. The minimum absolute atomic E-state index is 0.401. The van der Waals surface area contributed by atoms with Crippen LogP contribution >= 0.6 is 0 Å². The molecule has 3 heteroatoms. The molecule has 94 valence electrons. The average molecular weight is 241 g/mol. The van der Waals surface area contributed by atoms with Crippen LogP contribution in [-0.4, -0.2) is 16.2 Å². The summed E-state index contributed by atoms with van der Waals surface area (Å²) in [6.45, 7) is 0. The van der Waals surface area contributed by atoms with Crippen LogP contribution < -0.4 is 5.73 Å². The van der Waals surface area contributed by atoms with E-state index in [0.717, 1.165) is 18.5 Å². The lowest BCUT2D eigenvalue weighted by Crippen LogP contribution is -2.25. The summed E-state index contributed by atoms with van der Waals surface area (Å²) in [4.78, 5) is 0. The van der Waals surface area contributed by atoms with Crippen molar-refractivity contribution in [2.75, 3.05) is 0 Å². The van der Waals surface area contributed by atoms with Gasteiger partial charge in [-0.2, -0.15) is 5.10 Å². The molecule has 0 spiro atoms. The van der Waals surface area contributed by atoms with Crippen LogP contribution in [0.2, 0.25) is 0 Å². The summed E-state index contributed by atoms with van der Waals surface area (Å²) in [5.41, 5.74) is 9.43. The van der Waals surface area contributed by atoms with Crippen LogP contribution in [0.25, 0.3) is 11.3 Å². The number of hydrogen-bond acceptors (Lipinski definition) is 2. The zero-order chi connectivity index (χ0) is 12.4. The Kier molecular flexibility index (Phi) is 3.15. The minimum atomic E-state index is 0.401. The molecule has 1 aromatic heterocycles. The Balaban J connectivity index is 1.78. The molecule has 1 aliphatic rings. The van der Waals surface area contributed by atoms with Gasteiger partial charge < -0.3 is 5.73 Å². The number of nitrogens with one attached hydrogen (secondary N) is 1. The van der Waals surface area contributed by atoms with Gasteiger partial charge in [0.05, 0.1) is 5.69 Å². The van der Waals surface area contributed by atoms with Crippen LogP contribution in [0.1, 0.15) is 37.3 Å². The molecule has 2 aromatic rings. The van der Waals surface area contributed by atoms with Gasteiger partial charge in [-0.05, 0) is 31.7 Å². The van der Waals surface area contributed by atoms with Crippen molar-refractivity contribution in [3.63, 3.8) is 0 Å². The second-order valence-corrected chi connectivity index (χ2v) is 5.19. The predicted octanol–water partition coefficient (Wildman–Crippen LogP) is 3.06. The largest absolute Gasteiger partial charge is 0.328 e. The zero-order valence-electron chi connectivity index (χ0n) is 10.5. The Bertz CT molecular complexity index is 495. The van der Waals surface area contributed by atoms with Crippen molar-refractivity contribution in [3.8, 4) is 11.3 Å².